The molecule has 1 N–H and O–H groups in total. The molecule has 1 atom stereocenters. The maximum Gasteiger partial charge on any atom is 0.151 e. The number of carbonyl (C=O) groups is 1. The monoisotopic (exact) mass is 248 g/mol. The molecule has 0 saturated heterocycles. The molecule has 17 heavy (non-hydrogen) atoms. The number of hydrogen-bond donors (Lipinski definition) is 1. The van der Waals surface area contributed by atoms with Gasteiger partial charge in [-0.3, -0.25) is 9.00 Å². The SMILES string of the molecule is O=Cc1c[nH]c(-c2ccccc2CS(=O)[O-])c1. The number of aromatic amines is 1. The highest BCUT2D eigenvalue weighted by molar-refractivity contribution is 7.78. The van der Waals surface area contributed by atoms with Crippen LogP contribution in [0.1, 0.15) is 15.9 Å². The number of rotatable bonds is 4. The minimum Gasteiger partial charge on any atom is -0.772 e. The second-order valence-electron chi connectivity index (χ2n) is 3.57. The van der Waals surface area contributed by atoms with Crippen LogP contribution in [0.4, 0.5) is 0 Å². The van der Waals surface area contributed by atoms with Crippen molar-refractivity contribution in [2.45, 2.75) is 5.75 Å². The van der Waals surface area contributed by atoms with E-state index in [4.69, 9.17) is 0 Å². The van der Waals surface area contributed by atoms with Gasteiger partial charge in [0, 0.05) is 28.8 Å². The Morgan fingerprint density at radius 1 is 1.35 bits per heavy atom. The highest BCUT2D eigenvalue weighted by Gasteiger charge is 2.06. The van der Waals surface area contributed by atoms with E-state index in [-0.39, 0.29) is 5.75 Å². The van der Waals surface area contributed by atoms with Crippen molar-refractivity contribution in [3.8, 4) is 11.3 Å². The molecular formula is C12H10NO3S-. The van der Waals surface area contributed by atoms with Gasteiger partial charge in [0.25, 0.3) is 0 Å². The maximum atomic E-state index is 10.7. The third kappa shape index (κ3) is 2.69. The number of hydrogen-bond acceptors (Lipinski definition) is 3. The lowest BCUT2D eigenvalue weighted by Crippen LogP contribution is -1.96. The Bertz CT molecular complexity index is 562. The summed E-state index contributed by atoms with van der Waals surface area (Å²) in [6.07, 6.45) is 2.33. The van der Waals surface area contributed by atoms with Crippen LogP contribution < -0.4 is 0 Å². The Morgan fingerprint density at radius 3 is 2.76 bits per heavy atom. The molecular weight excluding hydrogens is 238 g/mol. The van der Waals surface area contributed by atoms with E-state index in [2.05, 4.69) is 4.98 Å². The van der Waals surface area contributed by atoms with E-state index >= 15 is 0 Å². The van der Waals surface area contributed by atoms with Crippen LogP contribution in [0, 0.1) is 0 Å². The molecule has 4 nitrogen and oxygen atoms in total. The standard InChI is InChI=1S/C12H11NO3S/c14-7-9-5-12(13-6-9)11-4-2-1-3-10(11)8-17(15)16/h1-7,13H,8H2,(H,15,16)/p-1. The summed E-state index contributed by atoms with van der Waals surface area (Å²) in [4.78, 5) is 13.5. The van der Waals surface area contributed by atoms with Crippen molar-refractivity contribution in [1.82, 2.24) is 4.98 Å². The summed E-state index contributed by atoms with van der Waals surface area (Å²) < 4.78 is 21.5. The summed E-state index contributed by atoms with van der Waals surface area (Å²) in [6.45, 7) is 0. The Balaban J connectivity index is 2.43. The van der Waals surface area contributed by atoms with E-state index < -0.39 is 11.1 Å². The summed E-state index contributed by atoms with van der Waals surface area (Å²) >= 11 is -2.13. The molecule has 0 aliphatic rings. The van der Waals surface area contributed by atoms with Crippen LogP contribution in [0.15, 0.2) is 36.5 Å². The molecule has 1 aromatic carbocycles. The number of H-pyrrole nitrogens is 1. The smallest absolute Gasteiger partial charge is 0.151 e. The zero-order chi connectivity index (χ0) is 12.3. The van der Waals surface area contributed by atoms with Crippen molar-refractivity contribution >= 4 is 17.4 Å². The molecule has 0 aliphatic heterocycles. The predicted molar refractivity (Wildman–Crippen MR) is 64.2 cm³/mol. The number of nitrogens with one attached hydrogen (secondary N) is 1. The van der Waals surface area contributed by atoms with E-state index in [0.29, 0.717) is 11.1 Å². The predicted octanol–water partition coefficient (Wildman–Crippen LogP) is 1.87. The minimum absolute atomic E-state index is 0.0361. The zero-order valence-electron chi connectivity index (χ0n) is 8.88. The second-order valence-corrected chi connectivity index (χ2v) is 4.47. The fraction of sp³-hybridized carbons (Fsp3) is 0.0833. The number of aromatic nitrogens is 1. The Labute approximate surface area is 101 Å². The number of benzene rings is 1. The quantitative estimate of drug-likeness (QED) is 0.663. The molecule has 0 spiro atoms. The molecule has 5 heteroatoms. The second kappa shape index (κ2) is 5.07. The lowest BCUT2D eigenvalue weighted by molar-refractivity contribution is 0.112. The molecule has 2 rings (SSSR count). The van der Waals surface area contributed by atoms with E-state index in [9.17, 15) is 13.6 Å². The van der Waals surface area contributed by atoms with Gasteiger partial charge < -0.3 is 9.54 Å². The summed E-state index contributed by atoms with van der Waals surface area (Å²) in [5, 5.41) is 0. The average Bonchev–Trinajstić information content (AvgIpc) is 2.77. The van der Waals surface area contributed by atoms with Crippen LogP contribution >= 0.6 is 0 Å². The lowest BCUT2D eigenvalue weighted by Gasteiger charge is -2.09. The molecule has 0 radical (unpaired) electrons. The Morgan fingerprint density at radius 2 is 2.12 bits per heavy atom. The van der Waals surface area contributed by atoms with Crippen LogP contribution in [0.25, 0.3) is 11.3 Å². The van der Waals surface area contributed by atoms with E-state index in [0.717, 1.165) is 17.5 Å². The van der Waals surface area contributed by atoms with Gasteiger partial charge >= 0.3 is 0 Å². The molecule has 0 amide bonds. The summed E-state index contributed by atoms with van der Waals surface area (Å²) in [5.74, 6) is -0.0361. The van der Waals surface area contributed by atoms with Crippen molar-refractivity contribution in [2.24, 2.45) is 0 Å². The van der Waals surface area contributed by atoms with Gasteiger partial charge in [-0.05, 0) is 11.6 Å². The van der Waals surface area contributed by atoms with Crippen LogP contribution in [0.5, 0.6) is 0 Å². The largest absolute Gasteiger partial charge is 0.772 e. The fourth-order valence-corrected chi connectivity index (χ4v) is 2.18. The van der Waals surface area contributed by atoms with Crippen molar-refractivity contribution in [3.63, 3.8) is 0 Å². The summed E-state index contributed by atoms with van der Waals surface area (Å²) in [5.41, 5.74) is 2.79. The molecule has 0 bridgehead atoms. The van der Waals surface area contributed by atoms with Gasteiger partial charge in [-0.2, -0.15) is 0 Å². The first kappa shape index (κ1) is 11.8. The summed E-state index contributed by atoms with van der Waals surface area (Å²) in [7, 11) is 0. The molecule has 0 saturated carbocycles. The normalized spacial score (nSPS) is 12.3. The number of carbonyl (C=O) groups excluding carboxylic acids is 1. The van der Waals surface area contributed by atoms with Crippen molar-refractivity contribution in [1.29, 1.82) is 0 Å². The molecule has 1 heterocycles. The van der Waals surface area contributed by atoms with Crippen molar-refractivity contribution < 1.29 is 13.6 Å². The van der Waals surface area contributed by atoms with Gasteiger partial charge in [0.15, 0.2) is 6.29 Å². The average molecular weight is 248 g/mol. The highest BCUT2D eigenvalue weighted by Crippen LogP contribution is 2.23. The molecule has 0 fully saturated rings. The fourth-order valence-electron chi connectivity index (χ4n) is 1.67. The van der Waals surface area contributed by atoms with Crippen LogP contribution in [-0.2, 0) is 16.8 Å². The van der Waals surface area contributed by atoms with Crippen LogP contribution in [-0.4, -0.2) is 20.0 Å². The van der Waals surface area contributed by atoms with Gasteiger partial charge in [-0.1, -0.05) is 35.3 Å². The van der Waals surface area contributed by atoms with Gasteiger partial charge in [0.2, 0.25) is 0 Å². The van der Waals surface area contributed by atoms with Gasteiger partial charge in [0.1, 0.15) is 0 Å². The van der Waals surface area contributed by atoms with Gasteiger partial charge in [0.05, 0.1) is 0 Å². The molecule has 1 unspecified atom stereocenters. The number of aldehydes is 1. The topological polar surface area (TPSA) is 73.0 Å². The Hall–Kier alpha value is -1.72. The molecule has 2 aromatic rings. The summed E-state index contributed by atoms with van der Waals surface area (Å²) in [6, 6.07) is 8.89. The van der Waals surface area contributed by atoms with Gasteiger partial charge in [-0.25, -0.2) is 0 Å². The van der Waals surface area contributed by atoms with E-state index in [1.807, 2.05) is 12.1 Å². The van der Waals surface area contributed by atoms with E-state index in [1.165, 1.54) is 0 Å². The zero-order valence-corrected chi connectivity index (χ0v) is 9.70. The van der Waals surface area contributed by atoms with Crippen molar-refractivity contribution in [3.05, 3.63) is 47.7 Å². The van der Waals surface area contributed by atoms with Crippen LogP contribution in [0.3, 0.4) is 0 Å². The lowest BCUT2D eigenvalue weighted by atomic mass is 10.1. The maximum absolute atomic E-state index is 10.7. The molecule has 88 valence electrons. The molecule has 0 aliphatic carbocycles. The first-order chi connectivity index (χ1) is 8.20. The Kier molecular flexibility index (Phi) is 3.51. The van der Waals surface area contributed by atoms with Gasteiger partial charge in [-0.15, -0.1) is 0 Å². The third-order valence-electron chi connectivity index (χ3n) is 2.42. The minimum atomic E-state index is -2.13. The van der Waals surface area contributed by atoms with Crippen LogP contribution in [0.2, 0.25) is 0 Å². The third-order valence-corrected chi connectivity index (χ3v) is 2.97. The van der Waals surface area contributed by atoms with Crippen molar-refractivity contribution in [2.75, 3.05) is 0 Å². The highest BCUT2D eigenvalue weighted by atomic mass is 32.2. The van der Waals surface area contributed by atoms with E-state index in [1.54, 1.807) is 24.4 Å². The molecule has 1 aromatic heterocycles. The first-order valence-electron chi connectivity index (χ1n) is 4.98. The first-order valence-corrected chi connectivity index (χ1v) is 6.23.